The van der Waals surface area contributed by atoms with Gasteiger partial charge in [0.1, 0.15) is 5.82 Å². The van der Waals surface area contributed by atoms with E-state index in [0.29, 0.717) is 56.1 Å². The van der Waals surface area contributed by atoms with Crippen LogP contribution in [0.1, 0.15) is 42.1 Å². The monoisotopic (exact) mass is 637 g/mol. The van der Waals surface area contributed by atoms with Crippen LogP contribution in [0.5, 0.6) is 0 Å². The van der Waals surface area contributed by atoms with E-state index in [9.17, 15) is 14.0 Å². The number of benzene rings is 2. The maximum absolute atomic E-state index is 13.7. The van der Waals surface area contributed by atoms with Gasteiger partial charge in [0.25, 0.3) is 0 Å². The number of likely N-dealkylation sites (tertiary alicyclic amines) is 1. The maximum Gasteiger partial charge on any atom is 0.237 e. The van der Waals surface area contributed by atoms with Crippen LogP contribution in [0.25, 0.3) is 5.57 Å². The molecule has 0 spiro atoms. The highest BCUT2D eigenvalue weighted by atomic mass is 19.1. The third-order valence-electron chi connectivity index (χ3n) is 8.58. The smallest absolute Gasteiger partial charge is 0.237 e. The molecule has 1 aromatic heterocycles. The summed E-state index contributed by atoms with van der Waals surface area (Å²) in [5, 5.41) is 19.4. The molecule has 47 heavy (non-hydrogen) atoms. The van der Waals surface area contributed by atoms with Crippen LogP contribution >= 0.6 is 0 Å². The van der Waals surface area contributed by atoms with Crippen molar-refractivity contribution >= 4 is 46.6 Å². The van der Waals surface area contributed by atoms with Gasteiger partial charge in [-0.2, -0.15) is 0 Å². The molecule has 1 saturated heterocycles. The molecule has 5 rings (SSSR count). The van der Waals surface area contributed by atoms with Gasteiger partial charge in [0.2, 0.25) is 11.8 Å². The minimum Gasteiger partial charge on any atom is -0.398 e. The summed E-state index contributed by atoms with van der Waals surface area (Å²) in [6.07, 6.45) is 6.01. The Morgan fingerprint density at radius 3 is 2.60 bits per heavy atom. The van der Waals surface area contributed by atoms with E-state index in [2.05, 4.69) is 21.4 Å². The number of hydrogen-bond acceptors (Lipinski definition) is 7. The number of amidine groups is 1. The van der Waals surface area contributed by atoms with Gasteiger partial charge in [0.05, 0.1) is 36.4 Å². The SMILES string of the molecule is CCN(C(=O)[C@@H]1CCN(CC(=O)N2CC=C(c3ccc(C(=N)/N=C\NC)cc3)CC2)C1)c1ccc(N)c(C(=N)c2ccc(F)cn2)c1. The number of aromatic nitrogens is 1. The number of nitrogens with zero attached hydrogens (tertiary/aromatic N) is 5. The zero-order valence-electron chi connectivity index (χ0n) is 26.7. The molecule has 1 fully saturated rings. The van der Waals surface area contributed by atoms with Crippen LogP contribution in [0, 0.1) is 22.6 Å². The summed E-state index contributed by atoms with van der Waals surface area (Å²) in [4.78, 5) is 40.5. The van der Waals surface area contributed by atoms with Gasteiger partial charge in [-0.3, -0.25) is 30.3 Å². The van der Waals surface area contributed by atoms with Crippen molar-refractivity contribution in [3.8, 4) is 0 Å². The van der Waals surface area contributed by atoms with E-state index in [1.54, 1.807) is 30.1 Å². The van der Waals surface area contributed by atoms with E-state index in [-0.39, 0.29) is 41.5 Å². The summed E-state index contributed by atoms with van der Waals surface area (Å²) in [5.74, 6) is -0.560. The van der Waals surface area contributed by atoms with Gasteiger partial charge in [-0.05, 0) is 67.8 Å². The van der Waals surface area contributed by atoms with Crippen LogP contribution in [0.15, 0.2) is 71.9 Å². The van der Waals surface area contributed by atoms with Gasteiger partial charge >= 0.3 is 0 Å². The molecule has 3 heterocycles. The molecule has 2 aromatic carbocycles. The molecule has 0 aliphatic carbocycles. The number of nitrogens with one attached hydrogen (secondary N) is 3. The van der Waals surface area contributed by atoms with E-state index >= 15 is 0 Å². The lowest BCUT2D eigenvalue weighted by Crippen LogP contribution is -2.42. The number of rotatable bonds is 10. The fourth-order valence-corrected chi connectivity index (χ4v) is 5.95. The van der Waals surface area contributed by atoms with E-state index in [4.69, 9.17) is 16.6 Å². The quantitative estimate of drug-likeness (QED) is 0.151. The number of nitrogens with two attached hydrogens (primary N) is 1. The zero-order valence-corrected chi connectivity index (χ0v) is 26.7. The molecule has 0 saturated carbocycles. The van der Waals surface area contributed by atoms with Gasteiger partial charge in [-0.25, -0.2) is 9.38 Å². The van der Waals surface area contributed by atoms with E-state index in [1.807, 2.05) is 41.0 Å². The van der Waals surface area contributed by atoms with Crippen LogP contribution in [-0.4, -0.2) is 90.8 Å². The first-order valence-electron chi connectivity index (χ1n) is 15.7. The Morgan fingerprint density at radius 2 is 1.94 bits per heavy atom. The average Bonchev–Trinajstić information content (AvgIpc) is 3.56. The Kier molecular flexibility index (Phi) is 10.5. The lowest BCUT2D eigenvalue weighted by atomic mass is 9.98. The van der Waals surface area contributed by atoms with Gasteiger partial charge in [-0.15, -0.1) is 0 Å². The molecule has 0 bridgehead atoms. The van der Waals surface area contributed by atoms with Crippen molar-refractivity contribution < 1.29 is 14.0 Å². The lowest BCUT2D eigenvalue weighted by Gasteiger charge is -2.29. The van der Waals surface area contributed by atoms with Crippen molar-refractivity contribution in [2.24, 2.45) is 10.9 Å². The number of carbonyl (C=O) groups is 2. The number of carbonyl (C=O) groups excluding carboxylic acids is 2. The Morgan fingerprint density at radius 1 is 1.15 bits per heavy atom. The third kappa shape index (κ3) is 7.78. The Labute approximate surface area is 274 Å². The van der Waals surface area contributed by atoms with Gasteiger partial charge < -0.3 is 20.9 Å². The minimum absolute atomic E-state index is 0.0369. The number of pyridine rings is 1. The summed E-state index contributed by atoms with van der Waals surface area (Å²) >= 11 is 0. The second kappa shape index (κ2) is 14.9. The minimum atomic E-state index is -0.492. The highest BCUT2D eigenvalue weighted by Crippen LogP contribution is 2.28. The van der Waals surface area contributed by atoms with Crippen LogP contribution in [0.2, 0.25) is 0 Å². The van der Waals surface area contributed by atoms with Crippen LogP contribution in [0.3, 0.4) is 0 Å². The summed E-state index contributed by atoms with van der Waals surface area (Å²) in [7, 11) is 1.74. The first kappa shape index (κ1) is 33.1. The topological polar surface area (TPSA) is 155 Å². The maximum atomic E-state index is 13.7. The fraction of sp³-hybridized carbons (Fsp3) is 0.314. The predicted molar refractivity (Wildman–Crippen MR) is 184 cm³/mol. The van der Waals surface area contributed by atoms with Crippen LogP contribution < -0.4 is 16.0 Å². The van der Waals surface area contributed by atoms with Crippen molar-refractivity contribution in [3.63, 3.8) is 0 Å². The van der Waals surface area contributed by atoms with Gasteiger partial charge in [-0.1, -0.05) is 30.3 Å². The van der Waals surface area contributed by atoms with Crippen molar-refractivity contribution in [2.75, 3.05) is 56.9 Å². The van der Waals surface area contributed by atoms with Crippen molar-refractivity contribution in [2.45, 2.75) is 19.8 Å². The zero-order chi connectivity index (χ0) is 33.5. The molecule has 2 aliphatic heterocycles. The number of aliphatic imine (C=N–C) groups is 1. The van der Waals surface area contributed by atoms with Crippen LogP contribution in [0.4, 0.5) is 15.8 Å². The predicted octanol–water partition coefficient (Wildman–Crippen LogP) is 3.78. The number of hydrogen-bond donors (Lipinski definition) is 4. The lowest BCUT2D eigenvalue weighted by molar-refractivity contribution is -0.132. The Balaban J connectivity index is 1.16. The number of amides is 2. The number of anilines is 2. The molecule has 3 aromatic rings. The average molecular weight is 638 g/mol. The largest absolute Gasteiger partial charge is 0.398 e. The second-order valence-corrected chi connectivity index (χ2v) is 11.6. The number of halogens is 1. The van der Waals surface area contributed by atoms with Gasteiger partial charge in [0, 0.05) is 55.7 Å². The first-order chi connectivity index (χ1) is 22.7. The Hall–Kier alpha value is -5.23. The second-order valence-electron chi connectivity index (χ2n) is 11.6. The van der Waals surface area contributed by atoms with Crippen molar-refractivity contribution in [1.29, 1.82) is 10.8 Å². The highest BCUT2D eigenvalue weighted by molar-refractivity contribution is 6.13. The molecule has 5 N–H and O–H groups in total. The summed E-state index contributed by atoms with van der Waals surface area (Å²) in [6.45, 7) is 4.88. The molecule has 0 unspecified atom stereocenters. The van der Waals surface area contributed by atoms with Crippen molar-refractivity contribution in [1.82, 2.24) is 20.1 Å². The standard InChI is InChI=1S/C35H40FN9O2/c1-3-45(28-9-10-30(37)29(18-28)33(38)31-11-8-27(36)19-41-31)35(47)26-12-15-43(20-26)21-32(46)44-16-13-24(14-17-44)23-4-6-25(7-5-23)34(39)42-22-40-2/h4-11,13,18-19,22,26,38H,3,12,14-17,20-21,37H2,1-2H3,(H2,39,40,42)/t26-/m1/s1. The summed E-state index contributed by atoms with van der Waals surface area (Å²) < 4.78 is 13.4. The molecule has 0 radical (unpaired) electrons. The molecule has 2 amide bonds. The molecule has 2 aliphatic rings. The number of nitrogen functional groups attached to an aromatic ring is 1. The van der Waals surface area contributed by atoms with E-state index < -0.39 is 5.82 Å². The summed E-state index contributed by atoms with van der Waals surface area (Å²) in [5.41, 5.74) is 10.9. The summed E-state index contributed by atoms with van der Waals surface area (Å²) in [6, 6.07) is 15.6. The normalized spacial score (nSPS) is 16.6. The van der Waals surface area contributed by atoms with Crippen molar-refractivity contribution in [3.05, 3.63) is 95.1 Å². The molecule has 11 nitrogen and oxygen atoms in total. The first-order valence-corrected chi connectivity index (χ1v) is 15.7. The van der Waals surface area contributed by atoms with E-state index in [1.165, 1.54) is 24.0 Å². The highest BCUT2D eigenvalue weighted by Gasteiger charge is 2.33. The van der Waals surface area contributed by atoms with E-state index in [0.717, 1.165) is 23.7 Å². The molecule has 244 valence electrons. The fourth-order valence-electron chi connectivity index (χ4n) is 5.95. The molecular weight excluding hydrogens is 597 g/mol. The molecule has 12 heteroatoms. The Bertz CT molecular complexity index is 1700. The van der Waals surface area contributed by atoms with Gasteiger partial charge in [0.15, 0.2) is 5.84 Å². The molecule has 1 atom stereocenters. The molecular formula is C35H40FN9O2. The third-order valence-corrected chi connectivity index (χ3v) is 8.58. The van der Waals surface area contributed by atoms with Crippen LogP contribution in [-0.2, 0) is 9.59 Å².